The Bertz CT molecular complexity index is 491. The van der Waals surface area contributed by atoms with E-state index in [1.165, 1.54) is 11.8 Å². The summed E-state index contributed by atoms with van der Waals surface area (Å²) >= 11 is 1.18. The molecule has 8 heteroatoms. The second-order valence-electron chi connectivity index (χ2n) is 4.43. The van der Waals surface area contributed by atoms with Crippen LogP contribution in [-0.4, -0.2) is 32.4 Å². The van der Waals surface area contributed by atoms with E-state index in [4.69, 9.17) is 11.0 Å². The third-order valence-electron chi connectivity index (χ3n) is 2.84. The number of carbonyl (C=O) groups is 1. The zero-order valence-corrected chi connectivity index (χ0v) is 10.8. The highest BCUT2D eigenvalue weighted by Gasteiger charge is 2.42. The second-order valence-corrected chi connectivity index (χ2v) is 5.37. The van der Waals surface area contributed by atoms with Crippen molar-refractivity contribution in [1.29, 1.82) is 5.26 Å². The number of H-pyrrole nitrogens is 1. The molecule has 0 saturated heterocycles. The molecule has 0 radical (unpaired) electrons. The smallest absolute Gasteiger partial charge is 0.231 e. The number of aromatic nitrogens is 3. The van der Waals surface area contributed by atoms with Crippen molar-refractivity contribution in [2.24, 2.45) is 5.92 Å². The van der Waals surface area contributed by atoms with Crippen LogP contribution in [0.15, 0.2) is 5.16 Å². The number of nitrogen functional groups attached to an aromatic ring is 1. The first kappa shape index (κ1) is 12.7. The SMILES string of the molecule is C[C@@](C#N)(NC(=O)CSc1n[nH]c(N)n1)C1CC1. The van der Waals surface area contributed by atoms with Crippen molar-refractivity contribution in [2.45, 2.75) is 30.5 Å². The lowest BCUT2D eigenvalue weighted by molar-refractivity contribution is -0.119. The number of amides is 1. The highest BCUT2D eigenvalue weighted by molar-refractivity contribution is 7.99. The molecule has 0 unspecified atom stereocenters. The number of rotatable bonds is 5. The minimum Gasteiger partial charge on any atom is -0.368 e. The summed E-state index contributed by atoms with van der Waals surface area (Å²) in [5, 5.41) is 18.6. The van der Waals surface area contributed by atoms with Gasteiger partial charge < -0.3 is 11.1 Å². The van der Waals surface area contributed by atoms with Gasteiger partial charge in [0.25, 0.3) is 0 Å². The maximum absolute atomic E-state index is 11.7. The third-order valence-corrected chi connectivity index (χ3v) is 3.69. The van der Waals surface area contributed by atoms with Crippen LogP contribution in [0, 0.1) is 17.2 Å². The van der Waals surface area contributed by atoms with Gasteiger partial charge in [-0.3, -0.25) is 4.79 Å². The Morgan fingerprint density at radius 1 is 1.78 bits per heavy atom. The predicted molar refractivity (Wildman–Crippen MR) is 66.4 cm³/mol. The standard InChI is InChI=1S/C10H14N6OS/c1-10(5-11,6-2-3-6)14-7(17)4-18-9-13-8(12)15-16-9/h6H,2-4H2,1H3,(H,14,17)(H3,12,13,15,16)/t10-/m0/s1. The summed E-state index contributed by atoms with van der Waals surface area (Å²) in [5.41, 5.74) is 4.62. The Hall–Kier alpha value is -1.75. The number of aromatic amines is 1. The van der Waals surface area contributed by atoms with Gasteiger partial charge in [-0.05, 0) is 25.7 Å². The average molecular weight is 266 g/mol. The van der Waals surface area contributed by atoms with E-state index in [2.05, 4.69) is 26.6 Å². The number of hydrogen-bond donors (Lipinski definition) is 3. The largest absolute Gasteiger partial charge is 0.368 e. The second kappa shape index (κ2) is 4.86. The zero-order valence-electron chi connectivity index (χ0n) is 9.93. The van der Waals surface area contributed by atoms with Crippen LogP contribution in [0.25, 0.3) is 0 Å². The van der Waals surface area contributed by atoms with Gasteiger partial charge in [-0.1, -0.05) is 11.8 Å². The van der Waals surface area contributed by atoms with Crippen LogP contribution >= 0.6 is 11.8 Å². The minimum atomic E-state index is -0.754. The van der Waals surface area contributed by atoms with Crippen LogP contribution in [0.4, 0.5) is 5.95 Å². The molecule has 1 aliphatic rings. The molecule has 0 aliphatic heterocycles. The van der Waals surface area contributed by atoms with E-state index in [1.807, 2.05) is 0 Å². The van der Waals surface area contributed by atoms with Crippen LogP contribution in [0.2, 0.25) is 0 Å². The number of carbonyl (C=O) groups excluding carboxylic acids is 1. The molecule has 1 amide bonds. The number of nitrogens with two attached hydrogens (primary N) is 1. The van der Waals surface area contributed by atoms with Crippen LogP contribution in [0.1, 0.15) is 19.8 Å². The van der Waals surface area contributed by atoms with Gasteiger partial charge in [0, 0.05) is 0 Å². The van der Waals surface area contributed by atoms with Crippen molar-refractivity contribution in [3.63, 3.8) is 0 Å². The molecule has 1 aromatic rings. The van der Waals surface area contributed by atoms with Crippen molar-refractivity contribution < 1.29 is 4.79 Å². The molecule has 7 nitrogen and oxygen atoms in total. The van der Waals surface area contributed by atoms with Crippen LogP contribution in [0.3, 0.4) is 0 Å². The molecule has 4 N–H and O–H groups in total. The molecule has 0 aromatic carbocycles. The molecule has 96 valence electrons. The summed E-state index contributed by atoms with van der Waals surface area (Å²) in [5.74, 6) is 0.467. The molecule has 0 spiro atoms. The van der Waals surface area contributed by atoms with E-state index in [0.717, 1.165) is 12.8 Å². The first-order valence-corrected chi connectivity index (χ1v) is 6.55. The first-order valence-electron chi connectivity index (χ1n) is 5.56. The van der Waals surface area contributed by atoms with Gasteiger partial charge in [-0.2, -0.15) is 10.2 Å². The summed E-state index contributed by atoms with van der Waals surface area (Å²) in [6.45, 7) is 1.76. The van der Waals surface area contributed by atoms with E-state index < -0.39 is 5.54 Å². The highest BCUT2D eigenvalue weighted by Crippen LogP contribution is 2.39. The fraction of sp³-hybridized carbons (Fsp3) is 0.600. The zero-order chi connectivity index (χ0) is 13.2. The Morgan fingerprint density at radius 2 is 2.50 bits per heavy atom. The molecule has 2 rings (SSSR count). The van der Waals surface area contributed by atoms with Gasteiger partial charge in [-0.15, -0.1) is 5.10 Å². The molecule has 1 heterocycles. The molecule has 18 heavy (non-hydrogen) atoms. The van der Waals surface area contributed by atoms with Crippen LogP contribution < -0.4 is 11.1 Å². The highest BCUT2D eigenvalue weighted by atomic mass is 32.2. The monoisotopic (exact) mass is 266 g/mol. The van der Waals surface area contributed by atoms with Gasteiger partial charge in [0.2, 0.25) is 17.0 Å². The number of nitrogens with one attached hydrogen (secondary N) is 2. The van der Waals surface area contributed by atoms with Gasteiger partial charge in [0.05, 0.1) is 11.8 Å². The minimum absolute atomic E-state index is 0.168. The number of nitriles is 1. The van der Waals surface area contributed by atoms with E-state index in [9.17, 15) is 4.79 Å². The van der Waals surface area contributed by atoms with E-state index in [0.29, 0.717) is 5.16 Å². The van der Waals surface area contributed by atoms with Crippen molar-refractivity contribution in [2.75, 3.05) is 11.5 Å². The quantitative estimate of drug-likeness (QED) is 0.659. The Kier molecular flexibility index (Phi) is 3.43. The molecule has 1 fully saturated rings. The molecule has 1 aromatic heterocycles. The lowest BCUT2D eigenvalue weighted by Gasteiger charge is -2.22. The van der Waals surface area contributed by atoms with Crippen molar-refractivity contribution in [3.8, 4) is 6.07 Å². The maximum atomic E-state index is 11.7. The summed E-state index contributed by atoms with van der Waals surface area (Å²) in [6.07, 6.45) is 1.99. The lowest BCUT2D eigenvalue weighted by Crippen LogP contribution is -2.47. The fourth-order valence-electron chi connectivity index (χ4n) is 1.66. The van der Waals surface area contributed by atoms with E-state index in [-0.39, 0.29) is 23.5 Å². The van der Waals surface area contributed by atoms with Crippen LogP contribution in [-0.2, 0) is 4.79 Å². The first-order chi connectivity index (χ1) is 8.53. The number of nitrogens with zero attached hydrogens (tertiary/aromatic N) is 3. The number of anilines is 1. The molecule has 1 saturated carbocycles. The summed E-state index contributed by atoms with van der Waals surface area (Å²) in [6, 6.07) is 2.17. The van der Waals surface area contributed by atoms with Crippen molar-refractivity contribution in [3.05, 3.63) is 0 Å². The van der Waals surface area contributed by atoms with Crippen molar-refractivity contribution >= 4 is 23.6 Å². The predicted octanol–water partition coefficient (Wildman–Crippen LogP) is 0.287. The van der Waals surface area contributed by atoms with E-state index >= 15 is 0 Å². The normalized spacial score (nSPS) is 17.8. The fourth-order valence-corrected chi connectivity index (χ4v) is 2.27. The topological polar surface area (TPSA) is 120 Å². The Labute approximate surface area is 109 Å². The number of thioether (sulfide) groups is 1. The number of hydrogen-bond acceptors (Lipinski definition) is 6. The maximum Gasteiger partial charge on any atom is 0.231 e. The Balaban J connectivity index is 1.83. The summed E-state index contributed by atoms with van der Waals surface area (Å²) < 4.78 is 0. The van der Waals surface area contributed by atoms with Gasteiger partial charge in [0.15, 0.2) is 0 Å². The third kappa shape index (κ3) is 2.92. The summed E-state index contributed by atoms with van der Waals surface area (Å²) in [7, 11) is 0. The summed E-state index contributed by atoms with van der Waals surface area (Å²) in [4.78, 5) is 15.6. The molecule has 1 aliphatic carbocycles. The van der Waals surface area contributed by atoms with Gasteiger partial charge in [0.1, 0.15) is 5.54 Å². The molecule has 1 atom stereocenters. The molecule has 0 bridgehead atoms. The molecular weight excluding hydrogens is 252 g/mol. The Morgan fingerprint density at radius 3 is 3.00 bits per heavy atom. The van der Waals surface area contributed by atoms with Crippen molar-refractivity contribution in [1.82, 2.24) is 20.5 Å². The van der Waals surface area contributed by atoms with Gasteiger partial charge in [-0.25, -0.2) is 5.10 Å². The molecular formula is C10H14N6OS. The van der Waals surface area contributed by atoms with Gasteiger partial charge >= 0.3 is 0 Å². The van der Waals surface area contributed by atoms with Crippen LogP contribution in [0.5, 0.6) is 0 Å². The average Bonchev–Trinajstić information content (AvgIpc) is 3.11. The lowest BCUT2D eigenvalue weighted by atomic mass is 9.98. The van der Waals surface area contributed by atoms with E-state index in [1.54, 1.807) is 6.92 Å².